The lowest BCUT2D eigenvalue weighted by atomic mass is 10.1. The molecule has 0 aliphatic carbocycles. The summed E-state index contributed by atoms with van der Waals surface area (Å²) in [5, 5.41) is 2.88. The number of amides is 1. The van der Waals surface area contributed by atoms with Crippen LogP contribution in [-0.2, 0) is 10.0 Å². The molecule has 0 heterocycles. The van der Waals surface area contributed by atoms with E-state index in [2.05, 4.69) is 10.0 Å². The molecule has 1 amide bonds. The molecule has 2 aromatic rings. The number of ether oxygens (including phenoxy) is 1. The maximum atomic E-state index is 12.5. The van der Waals surface area contributed by atoms with Crippen molar-refractivity contribution in [2.75, 3.05) is 17.6 Å². The van der Waals surface area contributed by atoms with Gasteiger partial charge in [-0.05, 0) is 43.7 Å². The number of carbonyl (C=O) groups excluding carboxylic acids is 1. The molecule has 6 nitrogen and oxygen atoms in total. The van der Waals surface area contributed by atoms with Crippen LogP contribution in [0.5, 0.6) is 5.75 Å². The highest BCUT2D eigenvalue weighted by Crippen LogP contribution is 2.20. The Morgan fingerprint density at radius 2 is 1.76 bits per heavy atom. The lowest BCUT2D eigenvalue weighted by Gasteiger charge is -2.17. The van der Waals surface area contributed by atoms with E-state index in [-0.39, 0.29) is 23.2 Å². The predicted molar refractivity (Wildman–Crippen MR) is 98.4 cm³/mol. The molecule has 2 aromatic carbocycles. The first kappa shape index (κ1) is 18.8. The molecule has 0 saturated carbocycles. The van der Waals surface area contributed by atoms with Crippen molar-refractivity contribution in [2.24, 2.45) is 0 Å². The molecule has 0 aromatic heterocycles. The van der Waals surface area contributed by atoms with E-state index in [1.54, 1.807) is 24.3 Å². The molecule has 0 aliphatic heterocycles. The largest absolute Gasteiger partial charge is 0.494 e. The fourth-order valence-electron chi connectivity index (χ4n) is 2.35. The van der Waals surface area contributed by atoms with Crippen molar-refractivity contribution >= 4 is 21.6 Å². The average Bonchev–Trinajstić information content (AvgIpc) is 2.54. The van der Waals surface area contributed by atoms with Gasteiger partial charge in [0.15, 0.2) is 0 Å². The zero-order valence-corrected chi connectivity index (χ0v) is 15.3. The summed E-state index contributed by atoms with van der Waals surface area (Å²) in [4.78, 5) is 12.5. The van der Waals surface area contributed by atoms with Gasteiger partial charge in [-0.1, -0.05) is 24.3 Å². The zero-order chi connectivity index (χ0) is 18.4. The van der Waals surface area contributed by atoms with Crippen molar-refractivity contribution in [2.45, 2.75) is 19.9 Å². The van der Waals surface area contributed by atoms with Gasteiger partial charge in [0, 0.05) is 0 Å². The molecule has 7 heteroatoms. The van der Waals surface area contributed by atoms with Crippen molar-refractivity contribution < 1.29 is 17.9 Å². The Hall–Kier alpha value is -2.54. The summed E-state index contributed by atoms with van der Waals surface area (Å²) in [5.74, 6) is 0.417. The van der Waals surface area contributed by atoms with E-state index in [9.17, 15) is 13.2 Å². The van der Waals surface area contributed by atoms with Gasteiger partial charge < -0.3 is 10.1 Å². The molecule has 0 radical (unpaired) electrons. The van der Waals surface area contributed by atoms with Crippen LogP contribution < -0.4 is 14.8 Å². The number of nitrogens with one attached hydrogen (secondary N) is 2. The van der Waals surface area contributed by atoms with Crippen molar-refractivity contribution in [1.29, 1.82) is 0 Å². The molecule has 0 bridgehead atoms. The predicted octanol–water partition coefficient (Wildman–Crippen LogP) is 2.95. The average molecular weight is 362 g/mol. The highest BCUT2D eigenvalue weighted by molar-refractivity contribution is 7.92. The first-order valence-corrected chi connectivity index (χ1v) is 9.79. The summed E-state index contributed by atoms with van der Waals surface area (Å²) in [6.45, 7) is 4.37. The third-order valence-corrected chi connectivity index (χ3v) is 4.10. The normalized spacial score (nSPS) is 12.3. The number of sulfonamides is 1. The third kappa shape index (κ3) is 5.49. The van der Waals surface area contributed by atoms with Gasteiger partial charge in [0.2, 0.25) is 10.0 Å². The maximum absolute atomic E-state index is 12.5. The van der Waals surface area contributed by atoms with Gasteiger partial charge in [-0.15, -0.1) is 0 Å². The molecular weight excluding hydrogens is 340 g/mol. The topological polar surface area (TPSA) is 84.5 Å². The standard InChI is InChI=1S/C18H22N2O4S/c1-4-24-15-11-9-14(10-12-15)13(2)19-18(21)16-7-5-6-8-17(16)20-25(3,22)23/h5-13,20H,4H2,1-3H3,(H,19,21)/t13-/m0/s1. The van der Waals surface area contributed by atoms with Crippen LogP contribution in [0.2, 0.25) is 0 Å². The Kier molecular flexibility index (Phi) is 6.03. The molecule has 0 saturated heterocycles. The van der Waals surface area contributed by atoms with Gasteiger partial charge in [0.25, 0.3) is 5.91 Å². The van der Waals surface area contributed by atoms with Crippen LogP contribution in [-0.4, -0.2) is 27.2 Å². The molecule has 0 spiro atoms. The Bertz CT molecular complexity index is 832. The van der Waals surface area contributed by atoms with E-state index in [1.807, 2.05) is 38.1 Å². The highest BCUT2D eigenvalue weighted by Gasteiger charge is 2.16. The molecule has 0 unspecified atom stereocenters. The van der Waals surface area contributed by atoms with E-state index in [1.165, 1.54) is 0 Å². The zero-order valence-electron chi connectivity index (χ0n) is 14.4. The molecule has 0 fully saturated rings. The van der Waals surface area contributed by atoms with Gasteiger partial charge in [0.05, 0.1) is 30.2 Å². The first-order chi connectivity index (χ1) is 11.8. The molecular formula is C18H22N2O4S. The lowest BCUT2D eigenvalue weighted by molar-refractivity contribution is 0.0941. The van der Waals surface area contributed by atoms with E-state index < -0.39 is 10.0 Å². The summed E-state index contributed by atoms with van der Waals surface area (Å²) in [6, 6.07) is 13.7. The molecule has 25 heavy (non-hydrogen) atoms. The second kappa shape index (κ2) is 8.02. The van der Waals surface area contributed by atoms with Crippen LogP contribution in [0.25, 0.3) is 0 Å². The maximum Gasteiger partial charge on any atom is 0.253 e. The van der Waals surface area contributed by atoms with Crippen molar-refractivity contribution in [3.63, 3.8) is 0 Å². The Morgan fingerprint density at radius 1 is 1.12 bits per heavy atom. The molecule has 1 atom stereocenters. The number of anilines is 1. The summed E-state index contributed by atoms with van der Waals surface area (Å²) < 4.78 is 30.7. The van der Waals surface area contributed by atoms with E-state index >= 15 is 0 Å². The van der Waals surface area contributed by atoms with Crippen LogP contribution in [0, 0.1) is 0 Å². The third-order valence-electron chi connectivity index (χ3n) is 3.51. The lowest BCUT2D eigenvalue weighted by Crippen LogP contribution is -2.27. The van der Waals surface area contributed by atoms with E-state index in [0.717, 1.165) is 17.6 Å². The number of hydrogen-bond acceptors (Lipinski definition) is 4. The van der Waals surface area contributed by atoms with Crippen LogP contribution in [0.1, 0.15) is 35.8 Å². The Morgan fingerprint density at radius 3 is 2.36 bits per heavy atom. The minimum Gasteiger partial charge on any atom is -0.494 e. The summed E-state index contributed by atoms with van der Waals surface area (Å²) in [6.07, 6.45) is 1.05. The van der Waals surface area contributed by atoms with Crippen LogP contribution in [0.4, 0.5) is 5.69 Å². The number of hydrogen-bond donors (Lipinski definition) is 2. The van der Waals surface area contributed by atoms with Gasteiger partial charge in [0.1, 0.15) is 5.75 Å². The first-order valence-electron chi connectivity index (χ1n) is 7.90. The fourth-order valence-corrected chi connectivity index (χ4v) is 2.92. The fraction of sp³-hybridized carbons (Fsp3) is 0.278. The van der Waals surface area contributed by atoms with E-state index in [0.29, 0.717) is 6.61 Å². The Balaban J connectivity index is 2.13. The van der Waals surface area contributed by atoms with Gasteiger partial charge in [-0.3, -0.25) is 9.52 Å². The van der Waals surface area contributed by atoms with Crippen molar-refractivity contribution in [3.8, 4) is 5.75 Å². The van der Waals surface area contributed by atoms with Crippen molar-refractivity contribution in [3.05, 3.63) is 59.7 Å². The second-order valence-electron chi connectivity index (χ2n) is 5.62. The summed E-state index contributed by atoms with van der Waals surface area (Å²) >= 11 is 0. The summed E-state index contributed by atoms with van der Waals surface area (Å²) in [7, 11) is -3.47. The molecule has 134 valence electrons. The van der Waals surface area contributed by atoms with Gasteiger partial charge >= 0.3 is 0 Å². The van der Waals surface area contributed by atoms with E-state index in [4.69, 9.17) is 4.74 Å². The number of rotatable bonds is 7. The number of para-hydroxylation sites is 1. The quantitative estimate of drug-likeness (QED) is 0.793. The summed E-state index contributed by atoms with van der Waals surface area (Å²) in [5.41, 5.74) is 1.44. The van der Waals surface area contributed by atoms with Crippen LogP contribution >= 0.6 is 0 Å². The highest BCUT2D eigenvalue weighted by atomic mass is 32.2. The van der Waals surface area contributed by atoms with Crippen LogP contribution in [0.15, 0.2) is 48.5 Å². The molecule has 2 N–H and O–H groups in total. The smallest absolute Gasteiger partial charge is 0.253 e. The minimum absolute atomic E-state index is 0.241. The molecule has 2 rings (SSSR count). The number of benzene rings is 2. The molecule has 0 aliphatic rings. The van der Waals surface area contributed by atoms with Gasteiger partial charge in [-0.2, -0.15) is 0 Å². The SMILES string of the molecule is CCOc1ccc([C@H](C)NC(=O)c2ccccc2NS(C)(=O)=O)cc1. The van der Waals surface area contributed by atoms with Crippen LogP contribution in [0.3, 0.4) is 0 Å². The van der Waals surface area contributed by atoms with Crippen molar-refractivity contribution in [1.82, 2.24) is 5.32 Å². The minimum atomic E-state index is -3.47. The van der Waals surface area contributed by atoms with Gasteiger partial charge in [-0.25, -0.2) is 8.42 Å². The second-order valence-corrected chi connectivity index (χ2v) is 7.37. The monoisotopic (exact) mass is 362 g/mol. The Labute approximate surface area is 148 Å². The number of carbonyl (C=O) groups is 1.